The summed E-state index contributed by atoms with van der Waals surface area (Å²) in [6.07, 6.45) is 0. The molecule has 1 heterocycles. The van der Waals surface area contributed by atoms with Crippen molar-refractivity contribution in [2.45, 2.75) is 26.3 Å². The molecule has 0 aliphatic heterocycles. The Morgan fingerprint density at radius 2 is 1.95 bits per heavy atom. The largest absolute Gasteiger partial charge is 0.288 e. The molecule has 0 aliphatic rings. The number of hydrogen-bond acceptors (Lipinski definition) is 6. The molecular weight excluding hydrogens is 260 g/mol. The summed E-state index contributed by atoms with van der Waals surface area (Å²) in [6.45, 7) is 5.64. The summed E-state index contributed by atoms with van der Waals surface area (Å²) in [4.78, 5) is 11.9. The second-order valence-corrected chi connectivity index (χ2v) is 5.22. The Morgan fingerprint density at radius 3 is 2.45 bits per heavy atom. The molecule has 20 heavy (non-hydrogen) atoms. The van der Waals surface area contributed by atoms with E-state index in [4.69, 9.17) is 0 Å². The molecule has 1 amide bonds. The van der Waals surface area contributed by atoms with Gasteiger partial charge in [-0.2, -0.15) is 5.21 Å². The van der Waals surface area contributed by atoms with Gasteiger partial charge < -0.3 is 0 Å². The van der Waals surface area contributed by atoms with Gasteiger partial charge in [-0.15, -0.1) is 5.10 Å². The highest BCUT2D eigenvalue weighted by atomic mass is 16.5. The van der Waals surface area contributed by atoms with E-state index < -0.39 is 5.54 Å². The Morgan fingerprint density at radius 1 is 1.30 bits per heavy atom. The monoisotopic (exact) mass is 276 g/mol. The van der Waals surface area contributed by atoms with Crippen LogP contribution in [-0.4, -0.2) is 37.3 Å². The van der Waals surface area contributed by atoms with Gasteiger partial charge in [-0.05, 0) is 50.3 Å². The number of nitrogens with one attached hydrogen (secondary N) is 2. The Bertz CT molecular complexity index is 573. The molecule has 0 spiro atoms. The molecule has 8 nitrogen and oxygen atoms in total. The summed E-state index contributed by atoms with van der Waals surface area (Å²) in [5.74, 6) is -0.240. The first kappa shape index (κ1) is 13.9. The molecule has 106 valence electrons. The number of carbonyl (C=O) groups is 1. The molecule has 8 heteroatoms. The Kier molecular flexibility index (Phi) is 3.66. The number of H-pyrrole nitrogens is 1. The minimum absolute atomic E-state index is 0.109. The van der Waals surface area contributed by atoms with Crippen LogP contribution in [0.15, 0.2) is 24.3 Å². The van der Waals surface area contributed by atoms with E-state index in [1.165, 1.54) is 0 Å². The molecule has 2 rings (SSSR count). The third-order valence-electron chi connectivity index (χ3n) is 2.58. The van der Waals surface area contributed by atoms with Gasteiger partial charge in [-0.3, -0.25) is 20.4 Å². The van der Waals surface area contributed by atoms with Gasteiger partial charge in [0.05, 0.1) is 11.2 Å². The number of aromatic nitrogens is 4. The minimum atomic E-state index is -0.422. The summed E-state index contributed by atoms with van der Waals surface area (Å²) in [7, 11) is 0. The van der Waals surface area contributed by atoms with Crippen molar-refractivity contribution in [1.29, 1.82) is 0 Å². The van der Waals surface area contributed by atoms with E-state index in [2.05, 4.69) is 25.9 Å². The summed E-state index contributed by atoms with van der Waals surface area (Å²) in [5.41, 5.74) is 0.614. The molecule has 0 bridgehead atoms. The standard InChI is InChI=1S/C12H16N6O2/c1-12(2,3)18(20)9-6-4-8(5-7-9)10(19)13-11-14-16-17-15-11/h4-7,20H,1-3H3,(H2,13,14,15,16,17,19). The average Bonchev–Trinajstić information content (AvgIpc) is 2.90. The van der Waals surface area contributed by atoms with Crippen LogP contribution in [-0.2, 0) is 0 Å². The van der Waals surface area contributed by atoms with Crippen LogP contribution in [0.1, 0.15) is 31.1 Å². The third-order valence-corrected chi connectivity index (χ3v) is 2.58. The van der Waals surface area contributed by atoms with Crippen molar-refractivity contribution in [3.63, 3.8) is 0 Å². The molecule has 0 unspecified atom stereocenters. The lowest BCUT2D eigenvalue weighted by molar-refractivity contribution is 0.102. The van der Waals surface area contributed by atoms with E-state index in [0.717, 1.165) is 5.06 Å². The zero-order valence-corrected chi connectivity index (χ0v) is 11.5. The number of tetrazole rings is 1. The number of aromatic amines is 1. The highest BCUT2D eigenvalue weighted by molar-refractivity contribution is 6.03. The van der Waals surface area contributed by atoms with Crippen molar-refractivity contribution in [2.24, 2.45) is 0 Å². The van der Waals surface area contributed by atoms with E-state index in [0.29, 0.717) is 11.3 Å². The van der Waals surface area contributed by atoms with Gasteiger partial charge in [0.25, 0.3) is 11.9 Å². The Labute approximate surface area is 115 Å². The summed E-state index contributed by atoms with van der Waals surface area (Å²) in [6, 6.07) is 6.55. The number of carbonyl (C=O) groups excluding carboxylic acids is 1. The number of anilines is 2. The summed E-state index contributed by atoms with van der Waals surface area (Å²) < 4.78 is 0. The van der Waals surface area contributed by atoms with Crippen LogP contribution in [0, 0.1) is 0 Å². The fourth-order valence-electron chi connectivity index (χ4n) is 1.53. The fourth-order valence-corrected chi connectivity index (χ4v) is 1.53. The predicted octanol–water partition coefficient (Wildman–Crippen LogP) is 1.45. The van der Waals surface area contributed by atoms with Crippen LogP contribution >= 0.6 is 0 Å². The minimum Gasteiger partial charge on any atom is -0.288 e. The lowest BCUT2D eigenvalue weighted by Crippen LogP contribution is -2.38. The highest BCUT2D eigenvalue weighted by Gasteiger charge is 2.20. The molecule has 3 N–H and O–H groups in total. The maximum absolute atomic E-state index is 11.9. The molecule has 1 aromatic carbocycles. The zero-order chi connectivity index (χ0) is 14.8. The van der Waals surface area contributed by atoms with Crippen molar-refractivity contribution >= 4 is 17.5 Å². The van der Waals surface area contributed by atoms with Crippen LogP contribution in [0.5, 0.6) is 0 Å². The van der Waals surface area contributed by atoms with Crippen molar-refractivity contribution in [2.75, 3.05) is 10.4 Å². The molecule has 0 saturated heterocycles. The van der Waals surface area contributed by atoms with Crippen LogP contribution < -0.4 is 10.4 Å². The SMILES string of the molecule is CC(C)(C)N(O)c1ccc(C(=O)Nc2nn[nH]n2)cc1. The van der Waals surface area contributed by atoms with E-state index in [1.807, 2.05) is 20.8 Å². The van der Waals surface area contributed by atoms with Crippen molar-refractivity contribution < 1.29 is 10.0 Å². The quantitative estimate of drug-likeness (QED) is 0.732. The molecule has 0 fully saturated rings. The highest BCUT2D eigenvalue weighted by Crippen LogP contribution is 2.21. The zero-order valence-electron chi connectivity index (χ0n) is 11.5. The molecule has 0 radical (unpaired) electrons. The van der Waals surface area contributed by atoms with Crippen molar-refractivity contribution in [3.8, 4) is 0 Å². The number of hydroxylamine groups is 1. The normalized spacial score (nSPS) is 11.2. The number of hydrogen-bond donors (Lipinski definition) is 3. The van der Waals surface area contributed by atoms with Gasteiger partial charge in [-0.1, -0.05) is 5.10 Å². The average molecular weight is 276 g/mol. The molecule has 0 atom stereocenters. The molecule has 0 aliphatic carbocycles. The van der Waals surface area contributed by atoms with E-state index in [1.54, 1.807) is 24.3 Å². The molecule has 1 aromatic heterocycles. The fraction of sp³-hybridized carbons (Fsp3) is 0.333. The lowest BCUT2D eigenvalue weighted by Gasteiger charge is -2.31. The topological polar surface area (TPSA) is 107 Å². The maximum Gasteiger partial charge on any atom is 0.270 e. The molecular formula is C12H16N6O2. The van der Waals surface area contributed by atoms with Crippen LogP contribution in [0.25, 0.3) is 0 Å². The number of rotatable bonds is 3. The lowest BCUT2D eigenvalue weighted by atomic mass is 10.1. The summed E-state index contributed by atoms with van der Waals surface area (Å²) in [5, 5.41) is 26.5. The number of benzene rings is 1. The number of amides is 1. The van der Waals surface area contributed by atoms with Crippen LogP contribution in [0.3, 0.4) is 0 Å². The van der Waals surface area contributed by atoms with Gasteiger partial charge >= 0.3 is 0 Å². The Balaban J connectivity index is 2.10. The van der Waals surface area contributed by atoms with E-state index in [9.17, 15) is 10.0 Å². The van der Waals surface area contributed by atoms with Gasteiger partial charge in [0.2, 0.25) is 0 Å². The second-order valence-electron chi connectivity index (χ2n) is 5.22. The Hall–Kier alpha value is -2.48. The van der Waals surface area contributed by atoms with Crippen molar-refractivity contribution in [1.82, 2.24) is 20.6 Å². The van der Waals surface area contributed by atoms with Crippen LogP contribution in [0.2, 0.25) is 0 Å². The van der Waals surface area contributed by atoms with E-state index in [-0.39, 0.29) is 11.9 Å². The second kappa shape index (κ2) is 5.25. The number of nitrogens with zero attached hydrogens (tertiary/aromatic N) is 4. The van der Waals surface area contributed by atoms with Gasteiger partial charge in [0, 0.05) is 5.56 Å². The smallest absolute Gasteiger partial charge is 0.270 e. The first-order chi connectivity index (χ1) is 9.38. The summed E-state index contributed by atoms with van der Waals surface area (Å²) >= 11 is 0. The first-order valence-electron chi connectivity index (χ1n) is 6.02. The van der Waals surface area contributed by atoms with Crippen molar-refractivity contribution in [3.05, 3.63) is 29.8 Å². The molecule has 2 aromatic rings. The van der Waals surface area contributed by atoms with Gasteiger partial charge in [-0.25, -0.2) is 0 Å². The van der Waals surface area contributed by atoms with E-state index >= 15 is 0 Å². The molecule has 0 saturated carbocycles. The van der Waals surface area contributed by atoms with Crippen LogP contribution in [0.4, 0.5) is 11.6 Å². The predicted molar refractivity (Wildman–Crippen MR) is 72.6 cm³/mol. The first-order valence-corrected chi connectivity index (χ1v) is 6.02. The third kappa shape index (κ3) is 3.09. The van der Waals surface area contributed by atoms with Gasteiger partial charge in [0.1, 0.15) is 0 Å². The maximum atomic E-state index is 11.9. The van der Waals surface area contributed by atoms with Gasteiger partial charge in [0.15, 0.2) is 0 Å².